The molecular weight excluding hydrogens is 491 g/mol. The fourth-order valence-corrected chi connectivity index (χ4v) is 3.58. The Morgan fingerprint density at radius 2 is 1.80 bits per heavy atom. The van der Waals surface area contributed by atoms with E-state index in [1.165, 1.54) is 13.3 Å². The van der Waals surface area contributed by atoms with Crippen molar-refractivity contribution in [3.63, 3.8) is 0 Å². The first-order chi connectivity index (χ1) is 14.5. The number of amides is 1. The lowest BCUT2D eigenvalue weighted by Gasteiger charge is -2.11. The molecule has 3 aromatic carbocycles. The Balaban J connectivity index is 1.67. The number of hydrazone groups is 1. The lowest BCUT2D eigenvalue weighted by atomic mass is 10.2. The Bertz CT molecular complexity index is 1050. The van der Waals surface area contributed by atoms with Crippen molar-refractivity contribution in [3.05, 3.63) is 91.9 Å². The number of carbonyl (C=O) groups excluding carboxylic acids is 1. The first-order valence-corrected chi connectivity index (χ1v) is 10.4. The lowest BCUT2D eigenvalue weighted by molar-refractivity contribution is 0.0952. The molecule has 1 N–H and O–H groups in total. The second-order valence-corrected chi connectivity index (χ2v) is 7.86. The summed E-state index contributed by atoms with van der Waals surface area (Å²) in [6.45, 7) is 0.345. The van der Waals surface area contributed by atoms with Gasteiger partial charge in [-0.2, -0.15) is 5.10 Å². The molecule has 0 fully saturated rings. The topological polar surface area (TPSA) is 59.9 Å². The van der Waals surface area contributed by atoms with Crippen LogP contribution < -0.4 is 14.9 Å². The summed E-state index contributed by atoms with van der Waals surface area (Å²) in [5.41, 5.74) is 4.42. The Labute approximate surface area is 192 Å². The van der Waals surface area contributed by atoms with Crippen molar-refractivity contribution in [1.29, 1.82) is 0 Å². The molecule has 0 saturated heterocycles. The number of nitrogens with one attached hydrogen (secondary N) is 1. The summed E-state index contributed by atoms with van der Waals surface area (Å²) in [5, 5.41) is 4.67. The molecule has 3 aromatic rings. The number of hydrogen-bond donors (Lipinski definition) is 1. The summed E-state index contributed by atoms with van der Waals surface area (Å²) in [7, 11) is 1.49. The van der Waals surface area contributed by atoms with Crippen LogP contribution in [0.3, 0.4) is 0 Å². The molecule has 0 spiro atoms. The highest BCUT2D eigenvalue weighted by atomic mass is 79.9. The van der Waals surface area contributed by atoms with E-state index in [1.807, 2.05) is 30.3 Å². The van der Waals surface area contributed by atoms with Gasteiger partial charge < -0.3 is 9.47 Å². The molecule has 154 valence electrons. The second kappa shape index (κ2) is 10.5. The minimum atomic E-state index is -0.413. The highest BCUT2D eigenvalue weighted by Crippen LogP contribution is 2.34. The molecule has 1 amide bonds. The SMILES string of the molecule is COc1ccc(Br)cc1C(=O)N/N=C\c1cc(Cl)c(OCc2ccccc2)c(Cl)c1. The summed E-state index contributed by atoms with van der Waals surface area (Å²) < 4.78 is 11.7. The summed E-state index contributed by atoms with van der Waals surface area (Å²) in [4.78, 5) is 12.4. The first kappa shape index (κ1) is 22.2. The van der Waals surface area contributed by atoms with Crippen LogP contribution in [0.1, 0.15) is 21.5 Å². The van der Waals surface area contributed by atoms with Gasteiger partial charge in [-0.15, -0.1) is 0 Å². The molecule has 5 nitrogen and oxygen atoms in total. The van der Waals surface area contributed by atoms with Crippen LogP contribution in [-0.4, -0.2) is 19.2 Å². The van der Waals surface area contributed by atoms with Crippen LogP contribution >= 0.6 is 39.1 Å². The van der Waals surface area contributed by atoms with Crippen molar-refractivity contribution in [3.8, 4) is 11.5 Å². The van der Waals surface area contributed by atoms with Gasteiger partial charge in [0.15, 0.2) is 5.75 Å². The van der Waals surface area contributed by atoms with Crippen molar-refractivity contribution < 1.29 is 14.3 Å². The van der Waals surface area contributed by atoms with Crippen molar-refractivity contribution in [2.24, 2.45) is 5.10 Å². The molecule has 3 rings (SSSR count). The van der Waals surface area contributed by atoms with Crippen LogP contribution in [0.15, 0.2) is 70.2 Å². The monoisotopic (exact) mass is 506 g/mol. The van der Waals surface area contributed by atoms with Crippen LogP contribution in [0.25, 0.3) is 0 Å². The number of rotatable bonds is 7. The zero-order valence-corrected chi connectivity index (χ0v) is 19.0. The maximum absolute atomic E-state index is 12.4. The van der Waals surface area contributed by atoms with Gasteiger partial charge >= 0.3 is 0 Å². The highest BCUT2D eigenvalue weighted by molar-refractivity contribution is 9.10. The van der Waals surface area contributed by atoms with Crippen LogP contribution in [0.2, 0.25) is 10.0 Å². The fourth-order valence-electron chi connectivity index (χ4n) is 2.60. The summed E-state index contributed by atoms with van der Waals surface area (Å²) >= 11 is 16.0. The molecular formula is C22H17BrCl2N2O3. The molecule has 0 heterocycles. The number of nitrogens with zero attached hydrogens (tertiary/aromatic N) is 1. The van der Waals surface area contributed by atoms with E-state index in [-0.39, 0.29) is 0 Å². The van der Waals surface area contributed by atoms with Gasteiger partial charge in [0.05, 0.1) is 28.9 Å². The van der Waals surface area contributed by atoms with E-state index >= 15 is 0 Å². The van der Waals surface area contributed by atoms with Crippen molar-refractivity contribution in [2.45, 2.75) is 6.61 Å². The second-order valence-electron chi connectivity index (χ2n) is 6.13. The van der Waals surface area contributed by atoms with Gasteiger partial charge in [0.2, 0.25) is 0 Å². The Hall–Kier alpha value is -2.54. The third kappa shape index (κ3) is 5.75. The first-order valence-electron chi connectivity index (χ1n) is 8.80. The molecule has 0 aliphatic heterocycles. The standard InChI is InChI=1S/C22H17BrCl2N2O3/c1-29-20-8-7-16(23)11-17(20)22(28)27-26-12-15-9-18(24)21(19(25)10-15)30-13-14-5-3-2-4-6-14/h2-12H,13H2,1H3,(H,27,28)/b26-12-. The van der Waals surface area contributed by atoms with E-state index < -0.39 is 5.91 Å². The molecule has 0 unspecified atom stereocenters. The minimum Gasteiger partial charge on any atom is -0.496 e. The van der Waals surface area contributed by atoms with E-state index in [4.69, 9.17) is 32.7 Å². The Kier molecular flexibility index (Phi) is 7.74. The maximum atomic E-state index is 12.4. The van der Waals surface area contributed by atoms with Gasteiger partial charge in [-0.3, -0.25) is 4.79 Å². The Morgan fingerprint density at radius 3 is 2.47 bits per heavy atom. The van der Waals surface area contributed by atoms with Gasteiger partial charge in [0.25, 0.3) is 5.91 Å². The average Bonchev–Trinajstić information content (AvgIpc) is 2.73. The smallest absolute Gasteiger partial charge is 0.275 e. The zero-order chi connectivity index (χ0) is 21.5. The number of carbonyl (C=O) groups is 1. The fraction of sp³-hybridized carbons (Fsp3) is 0.0909. The zero-order valence-electron chi connectivity index (χ0n) is 15.9. The van der Waals surface area contributed by atoms with Gasteiger partial charge in [0, 0.05) is 4.47 Å². The quantitative estimate of drug-likeness (QED) is 0.310. The summed E-state index contributed by atoms with van der Waals surface area (Å²) in [5.74, 6) is 0.420. The molecule has 8 heteroatoms. The predicted molar refractivity (Wildman–Crippen MR) is 123 cm³/mol. The van der Waals surface area contributed by atoms with Gasteiger partial charge in [-0.05, 0) is 41.5 Å². The molecule has 0 radical (unpaired) electrons. The van der Waals surface area contributed by atoms with Crippen molar-refractivity contribution >= 4 is 51.3 Å². The van der Waals surface area contributed by atoms with Gasteiger partial charge in [-0.25, -0.2) is 5.43 Å². The van der Waals surface area contributed by atoms with Crippen LogP contribution in [-0.2, 0) is 6.61 Å². The predicted octanol–water partition coefficient (Wildman–Crippen LogP) is 6.11. The normalized spacial score (nSPS) is 10.8. The van der Waals surface area contributed by atoms with E-state index in [9.17, 15) is 4.79 Å². The number of halogens is 3. The van der Waals surface area contributed by atoms with E-state index in [2.05, 4.69) is 26.5 Å². The minimum absolute atomic E-state index is 0.345. The van der Waals surface area contributed by atoms with Crippen molar-refractivity contribution in [2.75, 3.05) is 7.11 Å². The van der Waals surface area contributed by atoms with Crippen LogP contribution in [0.4, 0.5) is 0 Å². The summed E-state index contributed by atoms with van der Waals surface area (Å²) in [6, 6.07) is 18.1. The highest BCUT2D eigenvalue weighted by Gasteiger charge is 2.13. The summed E-state index contributed by atoms with van der Waals surface area (Å²) in [6.07, 6.45) is 1.45. The molecule has 0 aliphatic carbocycles. The molecule has 0 aromatic heterocycles. The molecule has 0 saturated carbocycles. The molecule has 0 atom stereocenters. The number of hydrogen-bond acceptors (Lipinski definition) is 4. The number of ether oxygens (including phenoxy) is 2. The van der Waals surface area contributed by atoms with E-state index in [1.54, 1.807) is 30.3 Å². The van der Waals surface area contributed by atoms with Crippen molar-refractivity contribution in [1.82, 2.24) is 5.43 Å². The third-order valence-electron chi connectivity index (χ3n) is 4.03. The van der Waals surface area contributed by atoms with E-state index in [0.29, 0.717) is 39.3 Å². The average molecular weight is 508 g/mol. The number of benzene rings is 3. The molecule has 30 heavy (non-hydrogen) atoms. The van der Waals surface area contributed by atoms with Crippen LogP contribution in [0.5, 0.6) is 11.5 Å². The van der Waals surface area contributed by atoms with Crippen LogP contribution in [0, 0.1) is 0 Å². The van der Waals surface area contributed by atoms with E-state index in [0.717, 1.165) is 10.0 Å². The molecule has 0 bridgehead atoms. The van der Waals surface area contributed by atoms with Gasteiger partial charge in [-0.1, -0.05) is 69.5 Å². The maximum Gasteiger partial charge on any atom is 0.275 e. The van der Waals surface area contributed by atoms with Gasteiger partial charge in [0.1, 0.15) is 12.4 Å². The number of methoxy groups -OCH3 is 1. The molecule has 0 aliphatic rings. The largest absolute Gasteiger partial charge is 0.496 e. The Morgan fingerprint density at radius 1 is 1.10 bits per heavy atom. The lowest BCUT2D eigenvalue weighted by Crippen LogP contribution is -2.18. The third-order valence-corrected chi connectivity index (χ3v) is 5.09.